The molecule has 0 unspecified atom stereocenters. The Labute approximate surface area is 340 Å². The van der Waals surface area contributed by atoms with Crippen molar-refractivity contribution in [3.8, 4) is 0 Å². The Balaban J connectivity index is 0.000000253. The fraction of sp³-hybridized carbons (Fsp3) is 0.739. The van der Waals surface area contributed by atoms with Crippen LogP contribution in [-0.4, -0.2) is 80.9 Å². The number of allylic oxidation sites excluding steroid dienone is 6. The van der Waals surface area contributed by atoms with Gasteiger partial charge in [0.05, 0.1) is 43.0 Å². The molecule has 57 heavy (non-hydrogen) atoms. The number of hydrogen-bond donors (Lipinski definition) is 4. The van der Waals surface area contributed by atoms with Crippen molar-refractivity contribution in [2.45, 2.75) is 168 Å². The molecular weight excluding hydrogens is 728 g/mol. The number of cyclic esters (lactones) is 1. The lowest BCUT2D eigenvalue weighted by Gasteiger charge is -2.42. The van der Waals surface area contributed by atoms with Crippen LogP contribution in [0.5, 0.6) is 0 Å². The maximum absolute atomic E-state index is 12.4. The minimum absolute atomic E-state index is 0.0586. The highest BCUT2D eigenvalue weighted by atomic mass is 16.6. The molecule has 0 bridgehead atoms. The van der Waals surface area contributed by atoms with Crippen LogP contribution in [0.2, 0.25) is 0 Å². The second-order valence-electron chi connectivity index (χ2n) is 17.4. The predicted octanol–water partition coefficient (Wildman–Crippen LogP) is 7.42. The quantitative estimate of drug-likeness (QED) is 0.0903. The molecule has 0 aromatic rings. The van der Waals surface area contributed by atoms with Crippen LogP contribution in [0.1, 0.15) is 131 Å². The summed E-state index contributed by atoms with van der Waals surface area (Å²) in [5, 5.41) is 38.7. The van der Waals surface area contributed by atoms with Crippen LogP contribution in [0.25, 0.3) is 0 Å². The third-order valence-electron chi connectivity index (χ3n) is 13.1. The van der Waals surface area contributed by atoms with Crippen LogP contribution in [0, 0.1) is 47.3 Å². The number of carbonyl (C=O) groups is 4. The first-order chi connectivity index (χ1) is 27.1. The molecule has 1 fully saturated rings. The van der Waals surface area contributed by atoms with Crippen molar-refractivity contribution < 1.29 is 53.8 Å². The molecule has 0 spiro atoms. The van der Waals surface area contributed by atoms with Gasteiger partial charge in [-0.15, -0.1) is 0 Å². The lowest BCUT2D eigenvalue weighted by atomic mass is 9.66. The van der Waals surface area contributed by atoms with Crippen molar-refractivity contribution in [1.29, 1.82) is 0 Å². The van der Waals surface area contributed by atoms with Crippen molar-refractivity contribution in [3.05, 3.63) is 47.6 Å². The largest absolute Gasteiger partial charge is 0.481 e. The monoisotopic (exact) mass is 798 g/mol. The Kier molecular flexibility index (Phi) is 18.1. The molecule has 0 saturated carbocycles. The number of hydrogen-bond acceptors (Lipinski definition) is 10. The molecule has 4 N–H and O–H groups in total. The highest BCUT2D eigenvalue weighted by Crippen LogP contribution is 2.45. The molecular formula is C46H70O11. The number of carboxylic acids is 1. The van der Waals surface area contributed by atoms with Gasteiger partial charge in [0.15, 0.2) is 0 Å². The van der Waals surface area contributed by atoms with E-state index in [0.717, 1.165) is 57.8 Å². The summed E-state index contributed by atoms with van der Waals surface area (Å²) in [4.78, 5) is 47.2. The lowest BCUT2D eigenvalue weighted by Crippen LogP contribution is -2.40. The van der Waals surface area contributed by atoms with Crippen molar-refractivity contribution in [3.63, 3.8) is 0 Å². The predicted molar refractivity (Wildman–Crippen MR) is 216 cm³/mol. The van der Waals surface area contributed by atoms with Crippen molar-refractivity contribution in [2.75, 3.05) is 0 Å². The fourth-order valence-electron chi connectivity index (χ4n) is 9.29. The molecule has 1 saturated heterocycles. The van der Waals surface area contributed by atoms with E-state index in [1.165, 1.54) is 11.1 Å². The van der Waals surface area contributed by atoms with Crippen LogP contribution in [0.4, 0.5) is 0 Å². The van der Waals surface area contributed by atoms with Gasteiger partial charge in [-0.25, -0.2) is 0 Å². The molecule has 0 amide bonds. The highest BCUT2D eigenvalue weighted by molar-refractivity contribution is 5.73. The summed E-state index contributed by atoms with van der Waals surface area (Å²) >= 11 is 0. The molecule has 0 aromatic carbocycles. The smallest absolute Gasteiger partial charge is 0.308 e. The summed E-state index contributed by atoms with van der Waals surface area (Å²) < 4.78 is 17.3. The number of aliphatic carboxylic acids is 1. The van der Waals surface area contributed by atoms with Crippen LogP contribution >= 0.6 is 0 Å². The normalized spacial score (nSPS) is 32.7. The van der Waals surface area contributed by atoms with E-state index in [-0.39, 0.29) is 91.0 Å². The van der Waals surface area contributed by atoms with E-state index in [2.05, 4.69) is 50.3 Å². The van der Waals surface area contributed by atoms with Crippen molar-refractivity contribution in [2.24, 2.45) is 47.3 Å². The van der Waals surface area contributed by atoms with Gasteiger partial charge in [-0.1, -0.05) is 78.0 Å². The maximum atomic E-state index is 12.4. The first-order valence-corrected chi connectivity index (χ1v) is 21.7. The maximum Gasteiger partial charge on any atom is 0.308 e. The van der Waals surface area contributed by atoms with Crippen LogP contribution in [-0.2, 0) is 33.4 Å². The van der Waals surface area contributed by atoms with Gasteiger partial charge in [-0.2, -0.15) is 0 Å². The van der Waals surface area contributed by atoms with Crippen LogP contribution < -0.4 is 0 Å². The molecule has 11 heteroatoms. The Morgan fingerprint density at radius 3 is 1.79 bits per heavy atom. The topological polar surface area (TPSA) is 177 Å². The van der Waals surface area contributed by atoms with Gasteiger partial charge in [0.1, 0.15) is 18.3 Å². The third kappa shape index (κ3) is 13.4. The zero-order chi connectivity index (χ0) is 41.8. The molecule has 5 aliphatic rings. The van der Waals surface area contributed by atoms with E-state index in [4.69, 9.17) is 19.3 Å². The van der Waals surface area contributed by atoms with Gasteiger partial charge >= 0.3 is 23.9 Å². The summed E-state index contributed by atoms with van der Waals surface area (Å²) in [6.45, 7) is 12.2. The number of aliphatic hydroxyl groups is 3. The number of aliphatic hydroxyl groups excluding tert-OH is 3. The van der Waals surface area contributed by atoms with Gasteiger partial charge in [-0.3, -0.25) is 19.2 Å². The van der Waals surface area contributed by atoms with E-state index >= 15 is 0 Å². The Bertz CT molecular complexity index is 1480. The van der Waals surface area contributed by atoms with Crippen molar-refractivity contribution >= 4 is 23.9 Å². The molecule has 0 aromatic heterocycles. The number of carboxylic acid groups (broad SMARTS) is 1. The van der Waals surface area contributed by atoms with E-state index in [9.17, 15) is 34.5 Å². The molecule has 14 atom stereocenters. The highest BCUT2D eigenvalue weighted by Gasteiger charge is 2.42. The molecule has 4 aliphatic carbocycles. The van der Waals surface area contributed by atoms with Crippen LogP contribution in [0.15, 0.2) is 47.6 Å². The van der Waals surface area contributed by atoms with Gasteiger partial charge in [0, 0.05) is 18.3 Å². The van der Waals surface area contributed by atoms with Gasteiger partial charge in [0.2, 0.25) is 0 Å². The molecule has 11 nitrogen and oxygen atoms in total. The Morgan fingerprint density at radius 2 is 1.32 bits per heavy atom. The van der Waals surface area contributed by atoms with Gasteiger partial charge < -0.3 is 34.6 Å². The number of carbonyl (C=O) groups excluding carboxylic acids is 3. The number of rotatable bonds is 16. The minimum atomic E-state index is -1.07. The zero-order valence-electron chi connectivity index (χ0n) is 35.1. The van der Waals surface area contributed by atoms with E-state index in [1.54, 1.807) is 0 Å². The number of esters is 3. The number of fused-ring (bicyclic) bond motifs is 2. The number of ether oxygens (including phenoxy) is 3. The Morgan fingerprint density at radius 1 is 0.807 bits per heavy atom. The van der Waals surface area contributed by atoms with Crippen LogP contribution in [0.3, 0.4) is 0 Å². The molecule has 1 aliphatic heterocycles. The summed E-state index contributed by atoms with van der Waals surface area (Å²) in [5.41, 5.74) is 2.48. The fourth-order valence-corrected chi connectivity index (χ4v) is 9.29. The average Bonchev–Trinajstić information content (AvgIpc) is 3.16. The lowest BCUT2D eigenvalue weighted by molar-refractivity contribution is -0.162. The average molecular weight is 799 g/mol. The summed E-state index contributed by atoms with van der Waals surface area (Å²) in [5.74, 6) is -0.265. The minimum Gasteiger partial charge on any atom is -0.481 e. The van der Waals surface area contributed by atoms with E-state index < -0.39 is 24.3 Å². The van der Waals surface area contributed by atoms with E-state index in [1.807, 2.05) is 27.7 Å². The standard InChI is InChI=1S/C23H36O6.C23H34O5/c1-4-14(2)23(28)29-20-7-5-6-16-9-8-15(3)19(22(16)20)11-10-17(24)12-18(25)13-21(26)27;1-4-14(2)23(26)28-20-7-5-6-16-9-8-15(3)19(22(16)20)11-10-18-12-17(24)13-21(25)27-18/h6,8-9,14-15,17-20,22,24-25H,4-5,7,10-13H2,1-3H3,(H,26,27);6,8-9,14-15,17-20,22,24H,4-5,7,10-13H2,1-3H3/t2*14-,15-,17+,18+,19-,20-,22-/m00/s1. The SMILES string of the molecule is CC[C@H](C)C(=O)O[C@H]1CCC=C2C=C[C@H](C)[C@H](CC[C@@H](O)C[C@@H](O)CC(=O)O)[C@H]21.CC[C@H](C)C(=O)O[C@H]1CCC=C2C=C[C@H](C)[C@H](CC[C@@H]3C[C@@H](O)CC(=O)O3)[C@H]21. The Hall–Kier alpha value is -3.28. The molecule has 5 rings (SSSR count). The molecule has 0 radical (unpaired) electrons. The summed E-state index contributed by atoms with van der Waals surface area (Å²) in [6.07, 6.45) is 18.6. The summed E-state index contributed by atoms with van der Waals surface area (Å²) in [6, 6.07) is 0. The van der Waals surface area contributed by atoms with Gasteiger partial charge in [0.25, 0.3) is 0 Å². The first-order valence-electron chi connectivity index (χ1n) is 21.7. The second kappa shape index (κ2) is 22.2. The summed E-state index contributed by atoms with van der Waals surface area (Å²) in [7, 11) is 0. The third-order valence-corrected chi connectivity index (χ3v) is 13.1. The van der Waals surface area contributed by atoms with E-state index in [0.29, 0.717) is 24.7 Å². The first kappa shape index (κ1) is 46.4. The zero-order valence-corrected chi connectivity index (χ0v) is 35.1. The van der Waals surface area contributed by atoms with Crippen molar-refractivity contribution in [1.82, 2.24) is 0 Å². The van der Waals surface area contributed by atoms with Gasteiger partial charge in [-0.05, 0) is 105 Å². The molecule has 320 valence electrons. The second-order valence-corrected chi connectivity index (χ2v) is 17.4. The molecule has 1 heterocycles.